The van der Waals surface area contributed by atoms with Gasteiger partial charge in [-0.3, -0.25) is 0 Å². The van der Waals surface area contributed by atoms with Crippen molar-refractivity contribution in [1.82, 2.24) is 0 Å². The largest absolute Gasteiger partial charge is 0.494 e. The average Bonchev–Trinajstić information content (AvgIpc) is 2.69. The van der Waals surface area contributed by atoms with E-state index in [1.54, 1.807) is 0 Å². The molecule has 1 saturated heterocycles. The number of rotatable bonds is 2. The highest BCUT2D eigenvalue weighted by Crippen LogP contribution is 2.37. The topological polar surface area (TPSA) is 18.5 Å². The van der Waals surface area contributed by atoms with Crippen LogP contribution in [0.3, 0.4) is 0 Å². The molecule has 2 fully saturated rings. The van der Waals surface area contributed by atoms with Gasteiger partial charge in [-0.25, -0.2) is 0 Å². The number of benzene rings is 1. The van der Waals surface area contributed by atoms with E-state index in [0.29, 0.717) is 0 Å². The average molecular weight is 286 g/mol. The molecule has 0 unspecified atom stereocenters. The second kappa shape index (κ2) is 5.44. The van der Waals surface area contributed by atoms with E-state index in [1.165, 1.54) is 37.7 Å². The smallest absolute Gasteiger partial charge is 0.399 e. The molecule has 0 radical (unpaired) electrons. The third kappa shape index (κ3) is 2.91. The van der Waals surface area contributed by atoms with Gasteiger partial charge in [0, 0.05) is 0 Å². The monoisotopic (exact) mass is 286 g/mol. The van der Waals surface area contributed by atoms with Gasteiger partial charge < -0.3 is 9.31 Å². The molecule has 1 aromatic rings. The molecule has 0 bridgehead atoms. The fourth-order valence-corrected chi connectivity index (χ4v) is 3.34. The molecule has 114 valence electrons. The summed E-state index contributed by atoms with van der Waals surface area (Å²) in [6, 6.07) is 8.92. The van der Waals surface area contributed by atoms with E-state index in [1.807, 2.05) is 0 Å². The summed E-state index contributed by atoms with van der Waals surface area (Å²) < 4.78 is 12.2. The fourth-order valence-electron chi connectivity index (χ4n) is 3.34. The molecule has 1 saturated carbocycles. The zero-order valence-corrected chi connectivity index (χ0v) is 13.8. The summed E-state index contributed by atoms with van der Waals surface area (Å²) in [5, 5.41) is 0. The lowest BCUT2D eigenvalue weighted by molar-refractivity contribution is 0.00578. The molecule has 2 nitrogen and oxygen atoms in total. The van der Waals surface area contributed by atoms with Crippen LogP contribution in [0.1, 0.15) is 71.3 Å². The standard InChI is InChI=1S/C18H27BO2/c1-17(2)18(3,4)21-19(20-17)16-12-10-15(11-13-16)14-8-6-5-7-9-14/h10-14H,5-9H2,1-4H3. The lowest BCUT2D eigenvalue weighted by atomic mass is 9.77. The van der Waals surface area contributed by atoms with Gasteiger partial charge in [0.25, 0.3) is 0 Å². The third-order valence-corrected chi connectivity index (χ3v) is 5.54. The lowest BCUT2D eigenvalue weighted by Gasteiger charge is -2.32. The van der Waals surface area contributed by atoms with Crippen LogP contribution in [0, 0.1) is 0 Å². The van der Waals surface area contributed by atoms with Gasteiger partial charge in [0.2, 0.25) is 0 Å². The summed E-state index contributed by atoms with van der Waals surface area (Å²) in [6.45, 7) is 8.40. The normalized spacial score (nSPS) is 25.2. The Bertz CT molecular complexity index is 470. The van der Waals surface area contributed by atoms with Crippen molar-refractivity contribution in [3.63, 3.8) is 0 Å². The molecular formula is C18H27BO2. The maximum Gasteiger partial charge on any atom is 0.494 e. The van der Waals surface area contributed by atoms with Crippen LogP contribution < -0.4 is 5.46 Å². The predicted octanol–water partition coefficient (Wildman–Crippen LogP) is 4.03. The first-order valence-corrected chi connectivity index (χ1v) is 8.34. The summed E-state index contributed by atoms with van der Waals surface area (Å²) in [6.07, 6.45) is 6.85. The third-order valence-electron chi connectivity index (χ3n) is 5.54. The van der Waals surface area contributed by atoms with Crippen LogP contribution in [0.25, 0.3) is 0 Å². The summed E-state index contributed by atoms with van der Waals surface area (Å²) in [5.41, 5.74) is 2.09. The molecule has 3 heteroatoms. The molecule has 3 rings (SSSR count). The van der Waals surface area contributed by atoms with Gasteiger partial charge in [0.15, 0.2) is 0 Å². The molecule has 0 atom stereocenters. The molecule has 2 aliphatic rings. The highest BCUT2D eigenvalue weighted by atomic mass is 16.7. The molecule has 0 spiro atoms. The van der Waals surface area contributed by atoms with Crippen LogP contribution in [0.4, 0.5) is 0 Å². The quantitative estimate of drug-likeness (QED) is 0.764. The SMILES string of the molecule is CC1(C)OB(c2ccc(C3CCCCC3)cc2)OC1(C)C. The summed E-state index contributed by atoms with van der Waals surface area (Å²) in [5.74, 6) is 0.756. The highest BCUT2D eigenvalue weighted by Gasteiger charge is 2.51. The minimum Gasteiger partial charge on any atom is -0.399 e. The fraction of sp³-hybridized carbons (Fsp3) is 0.667. The van der Waals surface area contributed by atoms with Crippen LogP contribution in [0.5, 0.6) is 0 Å². The van der Waals surface area contributed by atoms with Gasteiger partial charge in [0.1, 0.15) is 0 Å². The van der Waals surface area contributed by atoms with Gasteiger partial charge in [-0.15, -0.1) is 0 Å². The van der Waals surface area contributed by atoms with Crippen molar-refractivity contribution in [2.24, 2.45) is 0 Å². The van der Waals surface area contributed by atoms with E-state index >= 15 is 0 Å². The van der Waals surface area contributed by atoms with Gasteiger partial charge in [-0.2, -0.15) is 0 Å². The minimum atomic E-state index is -0.264. The van der Waals surface area contributed by atoms with Crippen molar-refractivity contribution in [1.29, 1.82) is 0 Å². The molecule has 0 amide bonds. The maximum absolute atomic E-state index is 6.11. The van der Waals surface area contributed by atoms with Crippen molar-refractivity contribution in [3.05, 3.63) is 29.8 Å². The Morgan fingerprint density at radius 1 is 0.857 bits per heavy atom. The van der Waals surface area contributed by atoms with E-state index in [-0.39, 0.29) is 18.3 Å². The molecule has 1 aromatic carbocycles. The first-order chi connectivity index (χ1) is 9.89. The predicted molar refractivity (Wildman–Crippen MR) is 88.0 cm³/mol. The van der Waals surface area contributed by atoms with Crippen molar-refractivity contribution < 1.29 is 9.31 Å². The van der Waals surface area contributed by atoms with Crippen LogP contribution in [-0.4, -0.2) is 18.3 Å². The zero-order chi connectivity index (χ0) is 15.1. The van der Waals surface area contributed by atoms with E-state index in [0.717, 1.165) is 11.4 Å². The Balaban J connectivity index is 1.73. The highest BCUT2D eigenvalue weighted by molar-refractivity contribution is 6.62. The Morgan fingerprint density at radius 2 is 1.38 bits per heavy atom. The first kappa shape index (κ1) is 15.1. The van der Waals surface area contributed by atoms with Gasteiger partial charge >= 0.3 is 7.12 Å². The molecule has 0 aromatic heterocycles. The number of hydrogen-bond acceptors (Lipinski definition) is 2. The van der Waals surface area contributed by atoms with E-state index < -0.39 is 0 Å². The van der Waals surface area contributed by atoms with Crippen LogP contribution >= 0.6 is 0 Å². The first-order valence-electron chi connectivity index (χ1n) is 8.34. The molecule has 21 heavy (non-hydrogen) atoms. The molecular weight excluding hydrogens is 259 g/mol. The summed E-state index contributed by atoms with van der Waals surface area (Å²) >= 11 is 0. The van der Waals surface area contributed by atoms with Crippen LogP contribution in [0.2, 0.25) is 0 Å². The second-order valence-corrected chi connectivity index (χ2v) is 7.59. The Kier molecular flexibility index (Phi) is 3.92. The van der Waals surface area contributed by atoms with E-state index in [9.17, 15) is 0 Å². The van der Waals surface area contributed by atoms with Crippen molar-refractivity contribution in [3.8, 4) is 0 Å². The maximum atomic E-state index is 6.11. The van der Waals surface area contributed by atoms with Crippen LogP contribution in [-0.2, 0) is 9.31 Å². The van der Waals surface area contributed by atoms with Crippen LogP contribution in [0.15, 0.2) is 24.3 Å². The molecule has 1 heterocycles. The molecule has 1 aliphatic carbocycles. The number of hydrogen-bond donors (Lipinski definition) is 0. The van der Waals surface area contributed by atoms with Gasteiger partial charge in [-0.1, -0.05) is 43.5 Å². The van der Waals surface area contributed by atoms with Crippen molar-refractivity contribution in [2.75, 3.05) is 0 Å². The van der Waals surface area contributed by atoms with E-state index in [2.05, 4.69) is 52.0 Å². The Morgan fingerprint density at radius 3 is 1.90 bits per heavy atom. The van der Waals surface area contributed by atoms with E-state index in [4.69, 9.17) is 9.31 Å². The molecule has 1 aliphatic heterocycles. The Labute approximate surface area is 129 Å². The summed E-state index contributed by atoms with van der Waals surface area (Å²) in [7, 11) is -0.240. The van der Waals surface area contributed by atoms with Gasteiger partial charge in [0.05, 0.1) is 11.2 Å². The minimum absolute atomic E-state index is 0.240. The Hall–Kier alpha value is -0.795. The zero-order valence-electron chi connectivity index (χ0n) is 13.8. The lowest BCUT2D eigenvalue weighted by Crippen LogP contribution is -2.41. The molecule has 0 N–H and O–H groups in total. The second-order valence-electron chi connectivity index (χ2n) is 7.59. The van der Waals surface area contributed by atoms with Crippen molar-refractivity contribution in [2.45, 2.75) is 76.9 Å². The summed E-state index contributed by atoms with van der Waals surface area (Å²) in [4.78, 5) is 0. The van der Waals surface area contributed by atoms with Crippen molar-refractivity contribution >= 4 is 12.6 Å². The van der Waals surface area contributed by atoms with Gasteiger partial charge in [-0.05, 0) is 57.5 Å².